The third-order valence-corrected chi connectivity index (χ3v) is 3.85. The first-order chi connectivity index (χ1) is 8.72. The third kappa shape index (κ3) is 3.28. The van der Waals surface area contributed by atoms with Gasteiger partial charge in [-0.1, -0.05) is 0 Å². The fourth-order valence-electron chi connectivity index (χ4n) is 2.51. The maximum absolute atomic E-state index is 4.44. The molecule has 1 aliphatic heterocycles. The minimum atomic E-state index is 0. The fourth-order valence-corrected chi connectivity index (χ4v) is 2.84. The Bertz CT molecular complexity index is 557. The Morgan fingerprint density at radius 3 is 3.11 bits per heavy atom. The van der Waals surface area contributed by atoms with Crippen molar-refractivity contribution in [3.8, 4) is 0 Å². The number of nitrogens with one attached hydrogen (secondary N) is 1. The smallest absolute Gasteiger partial charge is 0.136 e. The van der Waals surface area contributed by atoms with Crippen molar-refractivity contribution in [3.05, 3.63) is 34.7 Å². The van der Waals surface area contributed by atoms with Gasteiger partial charge >= 0.3 is 0 Å². The van der Waals surface area contributed by atoms with Crippen molar-refractivity contribution < 1.29 is 0 Å². The number of imidazole rings is 1. The van der Waals surface area contributed by atoms with Crippen LogP contribution < -0.4 is 5.32 Å². The molecule has 4 nitrogen and oxygen atoms in total. The number of hydrogen-bond donors (Lipinski definition) is 1. The predicted octanol–water partition coefficient (Wildman–Crippen LogP) is 2.31. The Hall–Kier alpha value is -0.620. The second kappa shape index (κ2) is 6.22. The van der Waals surface area contributed by atoms with E-state index in [4.69, 9.17) is 0 Å². The summed E-state index contributed by atoms with van der Waals surface area (Å²) in [5.41, 5.74) is 2.26. The summed E-state index contributed by atoms with van der Waals surface area (Å²) in [6.07, 6.45) is 4.07. The quantitative estimate of drug-likeness (QED) is 0.906. The normalized spacial score (nSPS) is 20.4. The van der Waals surface area contributed by atoms with Crippen molar-refractivity contribution >= 4 is 34.0 Å². The molecule has 1 aliphatic rings. The third-order valence-electron chi connectivity index (χ3n) is 3.38. The van der Waals surface area contributed by atoms with Crippen LogP contribution in [0.4, 0.5) is 0 Å². The molecule has 0 amide bonds. The molecule has 2 aromatic rings. The molecule has 1 unspecified atom stereocenters. The van der Waals surface area contributed by atoms with Crippen molar-refractivity contribution in [2.24, 2.45) is 0 Å². The summed E-state index contributed by atoms with van der Waals surface area (Å²) in [6, 6.07) is 4.64. The van der Waals surface area contributed by atoms with Crippen LogP contribution in [-0.4, -0.2) is 40.0 Å². The van der Waals surface area contributed by atoms with E-state index in [1.807, 2.05) is 18.3 Å². The monoisotopic (exact) mass is 344 g/mol. The highest BCUT2D eigenvalue weighted by molar-refractivity contribution is 9.10. The zero-order chi connectivity index (χ0) is 12.5. The Kier molecular flexibility index (Phi) is 4.84. The molecular weight excluding hydrogens is 328 g/mol. The van der Waals surface area contributed by atoms with Crippen LogP contribution in [0.1, 0.15) is 12.6 Å². The molecule has 0 saturated carbocycles. The van der Waals surface area contributed by atoms with Gasteiger partial charge in [-0.2, -0.15) is 0 Å². The van der Waals surface area contributed by atoms with Crippen LogP contribution in [0.15, 0.2) is 29.0 Å². The Balaban J connectivity index is 0.00000133. The molecule has 0 aromatic carbocycles. The summed E-state index contributed by atoms with van der Waals surface area (Å²) in [5.74, 6) is 0. The number of aromatic nitrogens is 2. The van der Waals surface area contributed by atoms with E-state index in [2.05, 4.69) is 48.7 Å². The first kappa shape index (κ1) is 14.8. The fraction of sp³-hybridized carbons (Fsp3) is 0.462. The number of hydrogen-bond acceptors (Lipinski definition) is 3. The van der Waals surface area contributed by atoms with Crippen LogP contribution in [0.5, 0.6) is 0 Å². The number of rotatable bonds is 2. The molecule has 3 heterocycles. The lowest BCUT2D eigenvalue weighted by molar-refractivity contribution is 0.197. The standard InChI is InChI=1S/C13H17BrN4.ClH/c1-10-7-17(5-4-15-10)9-12-6-16-13-3-2-11(14)8-18(12)13;/h2-3,6,8,10,15H,4-5,7,9H2,1H3;1H. The summed E-state index contributed by atoms with van der Waals surface area (Å²) in [7, 11) is 0. The van der Waals surface area contributed by atoms with E-state index in [9.17, 15) is 0 Å². The van der Waals surface area contributed by atoms with Gasteiger partial charge in [-0.25, -0.2) is 4.98 Å². The summed E-state index contributed by atoms with van der Waals surface area (Å²) < 4.78 is 3.25. The lowest BCUT2D eigenvalue weighted by Crippen LogP contribution is -2.48. The maximum atomic E-state index is 4.44. The molecule has 6 heteroatoms. The first-order valence-electron chi connectivity index (χ1n) is 6.29. The van der Waals surface area contributed by atoms with E-state index in [0.29, 0.717) is 6.04 Å². The molecule has 19 heavy (non-hydrogen) atoms. The number of fused-ring (bicyclic) bond motifs is 1. The second-order valence-corrected chi connectivity index (χ2v) is 5.83. The predicted molar refractivity (Wildman–Crippen MR) is 82.9 cm³/mol. The Morgan fingerprint density at radius 1 is 1.47 bits per heavy atom. The van der Waals surface area contributed by atoms with Gasteiger partial charge in [0.1, 0.15) is 5.65 Å². The minimum Gasteiger partial charge on any atom is -0.312 e. The van der Waals surface area contributed by atoms with Crippen molar-refractivity contribution in [2.45, 2.75) is 19.5 Å². The molecule has 0 spiro atoms. The van der Waals surface area contributed by atoms with Gasteiger partial charge in [0.25, 0.3) is 0 Å². The Morgan fingerprint density at radius 2 is 2.32 bits per heavy atom. The molecule has 0 radical (unpaired) electrons. The first-order valence-corrected chi connectivity index (χ1v) is 7.09. The molecule has 1 N–H and O–H groups in total. The van der Waals surface area contributed by atoms with E-state index < -0.39 is 0 Å². The lowest BCUT2D eigenvalue weighted by Gasteiger charge is -2.31. The average molecular weight is 346 g/mol. The number of pyridine rings is 1. The van der Waals surface area contributed by atoms with Crippen LogP contribution in [-0.2, 0) is 6.54 Å². The van der Waals surface area contributed by atoms with E-state index in [0.717, 1.165) is 36.3 Å². The molecule has 2 aromatic heterocycles. The van der Waals surface area contributed by atoms with Gasteiger partial charge in [0.2, 0.25) is 0 Å². The van der Waals surface area contributed by atoms with Crippen molar-refractivity contribution in [3.63, 3.8) is 0 Å². The summed E-state index contributed by atoms with van der Waals surface area (Å²) in [4.78, 5) is 6.92. The largest absolute Gasteiger partial charge is 0.312 e. The van der Waals surface area contributed by atoms with Crippen molar-refractivity contribution in [2.75, 3.05) is 19.6 Å². The highest BCUT2D eigenvalue weighted by atomic mass is 79.9. The maximum Gasteiger partial charge on any atom is 0.136 e. The highest BCUT2D eigenvalue weighted by Crippen LogP contribution is 2.15. The summed E-state index contributed by atoms with van der Waals surface area (Å²) in [6.45, 7) is 6.47. The van der Waals surface area contributed by atoms with Crippen molar-refractivity contribution in [1.29, 1.82) is 0 Å². The van der Waals surface area contributed by atoms with E-state index in [-0.39, 0.29) is 12.4 Å². The second-order valence-electron chi connectivity index (χ2n) is 4.92. The zero-order valence-corrected chi connectivity index (χ0v) is 13.2. The van der Waals surface area contributed by atoms with Gasteiger partial charge in [-0.3, -0.25) is 4.90 Å². The minimum absolute atomic E-state index is 0. The van der Waals surface area contributed by atoms with Gasteiger partial charge in [-0.15, -0.1) is 12.4 Å². The van der Waals surface area contributed by atoms with E-state index >= 15 is 0 Å². The summed E-state index contributed by atoms with van der Waals surface area (Å²) >= 11 is 3.51. The van der Waals surface area contributed by atoms with Gasteiger partial charge < -0.3 is 9.72 Å². The molecule has 0 bridgehead atoms. The van der Waals surface area contributed by atoms with Gasteiger partial charge in [0.05, 0.1) is 11.9 Å². The number of halogens is 2. The topological polar surface area (TPSA) is 32.6 Å². The van der Waals surface area contributed by atoms with Crippen molar-refractivity contribution in [1.82, 2.24) is 19.6 Å². The molecule has 0 aliphatic carbocycles. The molecule has 104 valence electrons. The summed E-state index contributed by atoms with van der Waals surface area (Å²) in [5, 5.41) is 3.47. The number of piperazine rings is 1. The van der Waals surface area contributed by atoms with Gasteiger partial charge in [0.15, 0.2) is 0 Å². The van der Waals surface area contributed by atoms with Crippen LogP contribution in [0, 0.1) is 0 Å². The average Bonchev–Trinajstić information content (AvgIpc) is 2.72. The van der Waals surface area contributed by atoms with Crippen LogP contribution in [0.25, 0.3) is 5.65 Å². The molecule has 1 saturated heterocycles. The number of nitrogens with zero attached hydrogens (tertiary/aromatic N) is 3. The zero-order valence-electron chi connectivity index (χ0n) is 10.8. The Labute approximate surface area is 127 Å². The SMILES string of the molecule is CC1CN(Cc2cnc3ccc(Br)cn23)CCN1.Cl. The molecule has 1 fully saturated rings. The lowest BCUT2D eigenvalue weighted by atomic mass is 10.2. The molecule has 1 atom stereocenters. The van der Waals surface area contributed by atoms with Crippen LogP contribution in [0.3, 0.4) is 0 Å². The van der Waals surface area contributed by atoms with Crippen LogP contribution >= 0.6 is 28.3 Å². The molecular formula is C13H18BrClN4. The van der Waals surface area contributed by atoms with E-state index in [1.54, 1.807) is 0 Å². The van der Waals surface area contributed by atoms with Gasteiger partial charge in [-0.05, 0) is 35.0 Å². The van der Waals surface area contributed by atoms with Gasteiger partial charge in [0, 0.05) is 42.9 Å². The highest BCUT2D eigenvalue weighted by Gasteiger charge is 2.16. The van der Waals surface area contributed by atoms with E-state index in [1.165, 1.54) is 5.69 Å². The van der Waals surface area contributed by atoms with Crippen LogP contribution in [0.2, 0.25) is 0 Å². The molecule has 3 rings (SSSR count).